The van der Waals surface area contributed by atoms with E-state index in [-0.39, 0.29) is 16.0 Å². The summed E-state index contributed by atoms with van der Waals surface area (Å²) in [5.74, 6) is -0.832. The number of aromatic carboxylic acids is 1. The van der Waals surface area contributed by atoms with E-state index < -0.39 is 5.97 Å². The van der Waals surface area contributed by atoms with E-state index in [1.807, 2.05) is 0 Å². The highest BCUT2D eigenvalue weighted by Gasteiger charge is 2.20. The van der Waals surface area contributed by atoms with Crippen LogP contribution in [0.15, 0.2) is 4.60 Å². The fourth-order valence-corrected chi connectivity index (χ4v) is 1.47. The van der Waals surface area contributed by atoms with Crippen LogP contribution in [-0.2, 0) is 7.05 Å². The van der Waals surface area contributed by atoms with Gasteiger partial charge in [0, 0.05) is 7.05 Å². The summed E-state index contributed by atoms with van der Waals surface area (Å²) in [5, 5.41) is 12.6. The minimum atomic E-state index is -1.06. The molecule has 1 aromatic heterocycles. The van der Waals surface area contributed by atoms with E-state index in [0.717, 1.165) is 0 Å². The summed E-state index contributed by atoms with van der Waals surface area (Å²) in [4.78, 5) is 10.7. The lowest BCUT2D eigenvalue weighted by Gasteiger charge is -1.99. The molecule has 0 aliphatic carbocycles. The molecule has 12 heavy (non-hydrogen) atoms. The predicted molar refractivity (Wildman–Crippen MR) is 44.4 cm³/mol. The Morgan fingerprint density at radius 1 is 1.75 bits per heavy atom. The van der Waals surface area contributed by atoms with E-state index in [9.17, 15) is 4.79 Å². The average molecular weight is 235 g/mol. The minimum absolute atomic E-state index is 0.0417. The topological polar surface area (TPSA) is 64.3 Å². The lowest BCUT2D eigenvalue weighted by atomic mass is 10.3. The second-order valence-electron chi connectivity index (χ2n) is 2.10. The van der Waals surface area contributed by atoms with Crippen LogP contribution in [0.3, 0.4) is 0 Å². The van der Waals surface area contributed by atoms with Gasteiger partial charge in [-0.2, -0.15) is 5.10 Å². The van der Waals surface area contributed by atoms with Crippen molar-refractivity contribution in [1.29, 1.82) is 0 Å². The third kappa shape index (κ3) is 1.29. The van der Waals surface area contributed by atoms with E-state index in [1.165, 1.54) is 11.8 Å². The standard InChI is InChI=1S/C6H7BrN2O3/c1-9-5(12-2)3(6(10)11)4(7)8-9/h1-2H3,(H,10,11). The van der Waals surface area contributed by atoms with Crippen LogP contribution in [0.4, 0.5) is 0 Å². The van der Waals surface area contributed by atoms with Crippen molar-refractivity contribution in [2.75, 3.05) is 7.11 Å². The van der Waals surface area contributed by atoms with Crippen LogP contribution in [0.1, 0.15) is 10.4 Å². The van der Waals surface area contributed by atoms with Crippen molar-refractivity contribution >= 4 is 21.9 Å². The van der Waals surface area contributed by atoms with Gasteiger partial charge in [-0.3, -0.25) is 0 Å². The van der Waals surface area contributed by atoms with Gasteiger partial charge in [-0.25, -0.2) is 9.48 Å². The number of rotatable bonds is 2. The summed E-state index contributed by atoms with van der Waals surface area (Å²) in [6.07, 6.45) is 0. The molecule has 0 spiro atoms. The van der Waals surface area contributed by atoms with E-state index in [0.29, 0.717) is 0 Å². The third-order valence-corrected chi connectivity index (χ3v) is 1.91. The number of methoxy groups -OCH3 is 1. The molecule has 0 fully saturated rings. The second kappa shape index (κ2) is 3.14. The average Bonchev–Trinajstić information content (AvgIpc) is 2.24. The van der Waals surface area contributed by atoms with Crippen molar-refractivity contribution in [3.63, 3.8) is 0 Å². The Balaban J connectivity index is 3.32. The maximum absolute atomic E-state index is 10.7. The molecule has 0 bridgehead atoms. The lowest BCUT2D eigenvalue weighted by molar-refractivity contribution is 0.0692. The Morgan fingerprint density at radius 3 is 2.67 bits per heavy atom. The molecule has 0 atom stereocenters. The smallest absolute Gasteiger partial charge is 0.344 e. The third-order valence-electron chi connectivity index (χ3n) is 1.36. The van der Waals surface area contributed by atoms with E-state index >= 15 is 0 Å². The van der Waals surface area contributed by atoms with Gasteiger partial charge in [-0.05, 0) is 15.9 Å². The van der Waals surface area contributed by atoms with Crippen LogP contribution < -0.4 is 4.74 Å². The maximum Gasteiger partial charge on any atom is 0.344 e. The van der Waals surface area contributed by atoms with Gasteiger partial charge in [0.1, 0.15) is 4.60 Å². The van der Waals surface area contributed by atoms with Gasteiger partial charge >= 0.3 is 5.97 Å². The Morgan fingerprint density at radius 2 is 2.33 bits per heavy atom. The largest absolute Gasteiger partial charge is 0.481 e. The predicted octanol–water partition coefficient (Wildman–Crippen LogP) is 0.889. The van der Waals surface area contributed by atoms with Crippen LogP contribution in [0, 0.1) is 0 Å². The number of ether oxygens (including phenoxy) is 1. The molecule has 1 rings (SSSR count). The summed E-state index contributed by atoms with van der Waals surface area (Å²) in [7, 11) is 3.01. The molecular formula is C6H7BrN2O3. The van der Waals surface area contributed by atoms with Gasteiger partial charge in [0.25, 0.3) is 0 Å². The molecule has 1 heterocycles. The quantitative estimate of drug-likeness (QED) is 0.826. The Bertz CT molecular complexity index is 321. The molecule has 66 valence electrons. The Kier molecular flexibility index (Phi) is 2.37. The zero-order valence-electron chi connectivity index (χ0n) is 6.54. The molecular weight excluding hydrogens is 228 g/mol. The molecule has 1 N–H and O–H groups in total. The van der Waals surface area contributed by atoms with Crippen molar-refractivity contribution < 1.29 is 14.6 Å². The van der Waals surface area contributed by atoms with Crippen molar-refractivity contribution in [3.8, 4) is 5.88 Å². The van der Waals surface area contributed by atoms with Crippen LogP contribution in [0.2, 0.25) is 0 Å². The first-order chi connectivity index (χ1) is 5.57. The first kappa shape index (κ1) is 9.05. The summed E-state index contributed by atoms with van der Waals surface area (Å²) in [6, 6.07) is 0. The SMILES string of the molecule is COc1c(C(=O)O)c(Br)nn1C. The normalized spacial score (nSPS) is 9.92. The number of hydrogen-bond acceptors (Lipinski definition) is 3. The van der Waals surface area contributed by atoms with Crippen molar-refractivity contribution in [1.82, 2.24) is 9.78 Å². The van der Waals surface area contributed by atoms with Gasteiger partial charge < -0.3 is 9.84 Å². The maximum atomic E-state index is 10.7. The monoisotopic (exact) mass is 234 g/mol. The number of carboxylic acids is 1. The highest BCUT2D eigenvalue weighted by molar-refractivity contribution is 9.10. The molecule has 0 radical (unpaired) electrons. The summed E-state index contributed by atoms with van der Waals surface area (Å²) >= 11 is 3.02. The molecule has 5 nitrogen and oxygen atoms in total. The van der Waals surface area contributed by atoms with Crippen molar-refractivity contribution in [3.05, 3.63) is 10.2 Å². The molecule has 1 aromatic rings. The second-order valence-corrected chi connectivity index (χ2v) is 2.85. The van der Waals surface area contributed by atoms with E-state index in [2.05, 4.69) is 21.0 Å². The summed E-state index contributed by atoms with van der Waals surface area (Å²) < 4.78 is 6.48. The van der Waals surface area contributed by atoms with Crippen molar-refractivity contribution in [2.24, 2.45) is 7.05 Å². The van der Waals surface area contributed by atoms with Crippen LogP contribution in [0.5, 0.6) is 5.88 Å². The van der Waals surface area contributed by atoms with Gasteiger partial charge in [0.05, 0.1) is 7.11 Å². The number of carboxylic acid groups (broad SMARTS) is 1. The van der Waals surface area contributed by atoms with Gasteiger partial charge in [0.15, 0.2) is 5.56 Å². The fourth-order valence-electron chi connectivity index (χ4n) is 0.891. The molecule has 0 saturated carbocycles. The molecule has 6 heteroatoms. The highest BCUT2D eigenvalue weighted by atomic mass is 79.9. The molecule has 0 saturated heterocycles. The lowest BCUT2D eigenvalue weighted by Crippen LogP contribution is -2.01. The van der Waals surface area contributed by atoms with Gasteiger partial charge in [0.2, 0.25) is 5.88 Å². The summed E-state index contributed by atoms with van der Waals surface area (Å²) in [6.45, 7) is 0. The number of halogens is 1. The van der Waals surface area contributed by atoms with Crippen LogP contribution in [0.25, 0.3) is 0 Å². The zero-order valence-corrected chi connectivity index (χ0v) is 8.12. The number of nitrogens with zero attached hydrogens (tertiary/aromatic N) is 2. The van der Waals surface area contributed by atoms with Crippen LogP contribution >= 0.6 is 15.9 Å². The highest BCUT2D eigenvalue weighted by Crippen LogP contribution is 2.25. The molecule has 0 aliphatic heterocycles. The first-order valence-corrected chi connectivity index (χ1v) is 3.87. The molecule has 0 aromatic carbocycles. The Labute approximate surface area is 77.1 Å². The molecule has 0 amide bonds. The zero-order chi connectivity index (χ0) is 9.30. The number of aryl methyl sites for hydroxylation is 1. The van der Waals surface area contributed by atoms with Gasteiger partial charge in [-0.1, -0.05) is 0 Å². The number of aromatic nitrogens is 2. The van der Waals surface area contributed by atoms with Crippen LogP contribution in [-0.4, -0.2) is 28.0 Å². The number of carbonyl (C=O) groups is 1. The van der Waals surface area contributed by atoms with E-state index in [4.69, 9.17) is 9.84 Å². The number of hydrogen-bond donors (Lipinski definition) is 1. The molecule has 0 aliphatic rings. The van der Waals surface area contributed by atoms with Crippen molar-refractivity contribution in [2.45, 2.75) is 0 Å². The van der Waals surface area contributed by atoms with E-state index in [1.54, 1.807) is 7.05 Å². The minimum Gasteiger partial charge on any atom is -0.481 e. The Hall–Kier alpha value is -1.04. The first-order valence-electron chi connectivity index (χ1n) is 3.07. The molecule has 0 unspecified atom stereocenters. The fraction of sp³-hybridized carbons (Fsp3) is 0.333. The van der Waals surface area contributed by atoms with Gasteiger partial charge in [-0.15, -0.1) is 0 Å². The summed E-state index contributed by atoms with van der Waals surface area (Å²) in [5.41, 5.74) is 0.0417.